The Morgan fingerprint density at radius 2 is 1.82 bits per heavy atom. The fraction of sp³-hybridized carbons (Fsp3) is 0.600. The maximum atomic E-state index is 10.4. The predicted molar refractivity (Wildman–Crippen MR) is 70.8 cm³/mol. The second-order valence-corrected chi connectivity index (χ2v) is 5.42. The van der Waals surface area contributed by atoms with Gasteiger partial charge < -0.3 is 5.11 Å². The van der Waals surface area contributed by atoms with Gasteiger partial charge in [0, 0.05) is 12.5 Å². The molecule has 1 fully saturated rings. The molecule has 0 radical (unpaired) electrons. The van der Waals surface area contributed by atoms with E-state index in [1.54, 1.807) is 0 Å². The molecule has 2 rings (SSSR count). The molecule has 0 heterocycles. The lowest BCUT2D eigenvalue weighted by Crippen LogP contribution is -2.50. The lowest BCUT2D eigenvalue weighted by atomic mass is 9.93. The second kappa shape index (κ2) is 5.65. The van der Waals surface area contributed by atoms with Gasteiger partial charge in [-0.2, -0.15) is 0 Å². The first-order valence-electron chi connectivity index (χ1n) is 6.70. The molecule has 0 amide bonds. The normalized spacial score (nSPS) is 21.1. The average molecular weight is 233 g/mol. The Kier molecular flexibility index (Phi) is 4.19. The van der Waals surface area contributed by atoms with Crippen molar-refractivity contribution in [3.8, 4) is 0 Å². The molecule has 2 N–H and O–H groups in total. The van der Waals surface area contributed by atoms with Crippen LogP contribution in [0.4, 0.5) is 0 Å². The first kappa shape index (κ1) is 12.6. The third kappa shape index (κ3) is 4.14. The highest BCUT2D eigenvalue weighted by Crippen LogP contribution is 2.20. The van der Waals surface area contributed by atoms with Gasteiger partial charge >= 0.3 is 0 Å². The van der Waals surface area contributed by atoms with Gasteiger partial charge in [0.2, 0.25) is 0 Å². The Labute approximate surface area is 104 Å². The van der Waals surface area contributed by atoms with Gasteiger partial charge in [-0.3, -0.25) is 5.32 Å². The minimum Gasteiger partial charge on any atom is -0.376 e. The van der Waals surface area contributed by atoms with Gasteiger partial charge in [0.1, 0.15) is 5.72 Å². The van der Waals surface area contributed by atoms with Gasteiger partial charge in [-0.1, -0.05) is 49.6 Å². The molecule has 2 heteroatoms. The molecular weight excluding hydrogens is 210 g/mol. The molecule has 1 aliphatic carbocycles. The number of rotatable bonds is 4. The van der Waals surface area contributed by atoms with E-state index in [9.17, 15) is 5.11 Å². The summed E-state index contributed by atoms with van der Waals surface area (Å²) in [6, 6.07) is 10.7. The molecule has 1 aliphatic rings. The Balaban J connectivity index is 1.89. The van der Waals surface area contributed by atoms with E-state index in [2.05, 4.69) is 17.4 Å². The largest absolute Gasteiger partial charge is 0.376 e. The van der Waals surface area contributed by atoms with Crippen LogP contribution in [-0.2, 0) is 6.42 Å². The van der Waals surface area contributed by atoms with E-state index in [0.29, 0.717) is 12.5 Å². The van der Waals surface area contributed by atoms with Crippen molar-refractivity contribution in [3.63, 3.8) is 0 Å². The Hall–Kier alpha value is -0.860. The molecular formula is C15H23NO. The molecule has 0 aromatic heterocycles. The molecule has 1 atom stereocenters. The van der Waals surface area contributed by atoms with Gasteiger partial charge in [0.05, 0.1) is 0 Å². The van der Waals surface area contributed by atoms with E-state index < -0.39 is 5.72 Å². The maximum Gasteiger partial charge on any atom is 0.117 e. The summed E-state index contributed by atoms with van der Waals surface area (Å²) in [5.41, 5.74) is 0.393. The number of hydrogen-bond acceptors (Lipinski definition) is 2. The van der Waals surface area contributed by atoms with Crippen molar-refractivity contribution in [1.29, 1.82) is 0 Å². The molecule has 1 saturated carbocycles. The molecule has 94 valence electrons. The number of nitrogens with one attached hydrogen (secondary N) is 1. The highest BCUT2D eigenvalue weighted by Gasteiger charge is 2.25. The monoisotopic (exact) mass is 233 g/mol. The van der Waals surface area contributed by atoms with Crippen LogP contribution >= 0.6 is 0 Å². The van der Waals surface area contributed by atoms with E-state index in [1.165, 1.54) is 37.7 Å². The van der Waals surface area contributed by atoms with Crippen LogP contribution in [0.2, 0.25) is 0 Å². The van der Waals surface area contributed by atoms with Crippen LogP contribution in [0.1, 0.15) is 44.6 Å². The van der Waals surface area contributed by atoms with Crippen molar-refractivity contribution in [1.82, 2.24) is 5.32 Å². The summed E-state index contributed by atoms with van der Waals surface area (Å²) in [5.74, 6) is 0. The molecule has 2 nitrogen and oxygen atoms in total. The van der Waals surface area contributed by atoms with Crippen molar-refractivity contribution in [2.75, 3.05) is 0 Å². The van der Waals surface area contributed by atoms with Gasteiger partial charge in [-0.15, -0.1) is 0 Å². The average Bonchev–Trinajstić information content (AvgIpc) is 2.30. The van der Waals surface area contributed by atoms with Crippen molar-refractivity contribution in [2.45, 2.75) is 57.2 Å². The standard InChI is InChI=1S/C15H23NO/c1-15(17,12-13-8-4-2-5-9-13)16-14-10-6-3-7-11-14/h2,4-5,8-9,14,16-17H,3,6-7,10-12H2,1H3. The van der Waals surface area contributed by atoms with E-state index in [4.69, 9.17) is 0 Å². The fourth-order valence-electron chi connectivity index (χ4n) is 2.73. The molecule has 1 aromatic carbocycles. The Morgan fingerprint density at radius 3 is 2.47 bits per heavy atom. The highest BCUT2D eigenvalue weighted by atomic mass is 16.3. The molecule has 0 spiro atoms. The van der Waals surface area contributed by atoms with Gasteiger partial charge in [0.25, 0.3) is 0 Å². The van der Waals surface area contributed by atoms with Gasteiger partial charge in [-0.05, 0) is 25.3 Å². The number of hydrogen-bond donors (Lipinski definition) is 2. The van der Waals surface area contributed by atoms with Gasteiger partial charge in [0.15, 0.2) is 0 Å². The minimum absolute atomic E-state index is 0.488. The summed E-state index contributed by atoms with van der Waals surface area (Å²) < 4.78 is 0. The zero-order valence-corrected chi connectivity index (χ0v) is 10.7. The van der Waals surface area contributed by atoms with E-state index in [1.807, 2.05) is 25.1 Å². The molecule has 1 aromatic rings. The number of benzene rings is 1. The van der Waals surface area contributed by atoms with E-state index >= 15 is 0 Å². The van der Waals surface area contributed by atoms with Crippen LogP contribution in [0.25, 0.3) is 0 Å². The van der Waals surface area contributed by atoms with Crippen LogP contribution in [0.15, 0.2) is 30.3 Å². The minimum atomic E-state index is -0.788. The molecule has 0 bridgehead atoms. The summed E-state index contributed by atoms with van der Waals surface area (Å²) >= 11 is 0. The van der Waals surface area contributed by atoms with E-state index in [0.717, 1.165) is 0 Å². The van der Waals surface area contributed by atoms with E-state index in [-0.39, 0.29) is 0 Å². The summed E-state index contributed by atoms with van der Waals surface area (Å²) in [6.07, 6.45) is 7.00. The van der Waals surface area contributed by atoms with Crippen molar-refractivity contribution < 1.29 is 5.11 Å². The Bertz CT molecular complexity index is 328. The smallest absolute Gasteiger partial charge is 0.117 e. The zero-order chi connectivity index (χ0) is 12.1. The van der Waals surface area contributed by atoms with Crippen molar-refractivity contribution in [3.05, 3.63) is 35.9 Å². The SMILES string of the molecule is CC(O)(Cc1ccccc1)NC1CCCCC1. The topological polar surface area (TPSA) is 32.3 Å². The van der Waals surface area contributed by atoms with Crippen LogP contribution in [0.3, 0.4) is 0 Å². The molecule has 0 saturated heterocycles. The summed E-state index contributed by atoms with van der Waals surface area (Å²) in [6.45, 7) is 1.88. The van der Waals surface area contributed by atoms with Crippen LogP contribution in [-0.4, -0.2) is 16.9 Å². The summed E-state index contributed by atoms with van der Waals surface area (Å²) in [5, 5.41) is 13.8. The lowest BCUT2D eigenvalue weighted by molar-refractivity contribution is 0.00785. The first-order chi connectivity index (χ1) is 8.16. The Morgan fingerprint density at radius 1 is 1.18 bits per heavy atom. The second-order valence-electron chi connectivity index (χ2n) is 5.42. The van der Waals surface area contributed by atoms with Crippen molar-refractivity contribution >= 4 is 0 Å². The third-order valence-electron chi connectivity index (χ3n) is 3.51. The molecule has 17 heavy (non-hydrogen) atoms. The highest BCUT2D eigenvalue weighted by molar-refractivity contribution is 5.16. The quantitative estimate of drug-likeness (QED) is 0.784. The zero-order valence-electron chi connectivity index (χ0n) is 10.7. The van der Waals surface area contributed by atoms with Gasteiger partial charge in [-0.25, -0.2) is 0 Å². The molecule has 1 unspecified atom stereocenters. The predicted octanol–water partition coefficient (Wildman–Crippen LogP) is 2.86. The maximum absolute atomic E-state index is 10.4. The first-order valence-corrected chi connectivity index (χ1v) is 6.70. The molecule has 0 aliphatic heterocycles. The van der Waals surface area contributed by atoms with Crippen LogP contribution < -0.4 is 5.32 Å². The van der Waals surface area contributed by atoms with Crippen LogP contribution in [0, 0.1) is 0 Å². The third-order valence-corrected chi connectivity index (χ3v) is 3.51. The lowest BCUT2D eigenvalue weighted by Gasteiger charge is -2.32. The van der Waals surface area contributed by atoms with Crippen molar-refractivity contribution in [2.24, 2.45) is 0 Å². The fourth-order valence-corrected chi connectivity index (χ4v) is 2.73. The summed E-state index contributed by atoms with van der Waals surface area (Å²) in [7, 11) is 0. The van der Waals surface area contributed by atoms with Crippen LogP contribution in [0.5, 0.6) is 0 Å². The summed E-state index contributed by atoms with van der Waals surface area (Å²) in [4.78, 5) is 0. The number of aliphatic hydroxyl groups is 1.